The molecule has 1 aliphatic carbocycles. The predicted octanol–water partition coefficient (Wildman–Crippen LogP) is 2.68. The molecule has 2 unspecified atom stereocenters. The highest BCUT2D eigenvalue weighted by atomic mass is 32.1. The molecule has 5 heteroatoms. The molecule has 0 bridgehead atoms. The van der Waals surface area contributed by atoms with Gasteiger partial charge in [-0.05, 0) is 31.7 Å². The number of thiophene rings is 1. The monoisotopic (exact) mass is 267 g/mol. The zero-order valence-corrected chi connectivity index (χ0v) is 11.8. The number of anilines is 2. The Hall–Kier alpha value is -1.23. The third-order valence-corrected chi connectivity index (χ3v) is 4.29. The molecule has 0 spiro atoms. The van der Waals surface area contributed by atoms with Gasteiger partial charge in [-0.15, -0.1) is 11.3 Å². The predicted molar refractivity (Wildman–Crippen MR) is 77.2 cm³/mol. The lowest BCUT2D eigenvalue weighted by atomic mass is 10.2. The van der Waals surface area contributed by atoms with Crippen LogP contribution in [0.3, 0.4) is 0 Å². The Bertz CT molecular complexity index is 430. The Kier molecular flexibility index (Phi) is 4.11. The summed E-state index contributed by atoms with van der Waals surface area (Å²) in [4.78, 5) is 12.4. The topological polar surface area (TPSA) is 67.1 Å². The summed E-state index contributed by atoms with van der Waals surface area (Å²) in [6.07, 6.45) is 3.75. The first-order valence-corrected chi connectivity index (χ1v) is 7.41. The van der Waals surface area contributed by atoms with Gasteiger partial charge in [0.2, 0.25) is 0 Å². The van der Waals surface area contributed by atoms with Crippen LogP contribution in [0, 0.1) is 5.92 Å². The van der Waals surface area contributed by atoms with Gasteiger partial charge >= 0.3 is 0 Å². The number of nitrogen functional groups attached to an aromatic ring is 1. The highest BCUT2D eigenvalue weighted by molar-refractivity contribution is 7.18. The average molecular weight is 267 g/mol. The van der Waals surface area contributed by atoms with E-state index in [-0.39, 0.29) is 5.91 Å². The van der Waals surface area contributed by atoms with E-state index in [1.54, 1.807) is 0 Å². The van der Waals surface area contributed by atoms with E-state index in [9.17, 15) is 4.79 Å². The zero-order chi connectivity index (χ0) is 13.1. The summed E-state index contributed by atoms with van der Waals surface area (Å²) in [5.74, 6) is 0.722. The van der Waals surface area contributed by atoms with Crippen molar-refractivity contribution in [2.75, 3.05) is 17.6 Å². The summed E-state index contributed by atoms with van der Waals surface area (Å²) in [6.45, 7) is 4.74. The van der Waals surface area contributed by atoms with Crippen molar-refractivity contribution in [3.05, 3.63) is 10.9 Å². The van der Waals surface area contributed by atoms with Crippen LogP contribution in [0.25, 0.3) is 0 Å². The summed E-state index contributed by atoms with van der Waals surface area (Å²) in [6, 6.07) is 2.45. The Morgan fingerprint density at radius 2 is 2.33 bits per heavy atom. The van der Waals surface area contributed by atoms with Crippen LogP contribution < -0.4 is 16.4 Å². The Labute approximate surface area is 112 Å². The van der Waals surface area contributed by atoms with Gasteiger partial charge in [0.15, 0.2) is 0 Å². The largest absolute Gasteiger partial charge is 0.397 e. The van der Waals surface area contributed by atoms with Crippen LogP contribution in [0.2, 0.25) is 0 Å². The van der Waals surface area contributed by atoms with Gasteiger partial charge < -0.3 is 16.4 Å². The van der Waals surface area contributed by atoms with Crippen LogP contribution in [0.15, 0.2) is 6.07 Å². The normalized spacial score (nSPS) is 21.7. The second-order valence-electron chi connectivity index (χ2n) is 4.79. The van der Waals surface area contributed by atoms with Gasteiger partial charge in [-0.25, -0.2) is 0 Å². The fourth-order valence-electron chi connectivity index (χ4n) is 2.19. The van der Waals surface area contributed by atoms with Gasteiger partial charge in [-0.1, -0.05) is 13.3 Å². The lowest BCUT2D eigenvalue weighted by Gasteiger charge is -2.01. The fourth-order valence-corrected chi connectivity index (χ4v) is 3.15. The maximum absolute atomic E-state index is 11.7. The summed E-state index contributed by atoms with van der Waals surface area (Å²) in [5.41, 5.74) is 6.44. The minimum atomic E-state index is -0.0750. The Balaban J connectivity index is 1.95. The molecule has 1 heterocycles. The molecule has 0 radical (unpaired) electrons. The average Bonchev–Trinajstić information content (AvgIpc) is 2.92. The molecule has 1 fully saturated rings. The van der Waals surface area contributed by atoms with E-state index < -0.39 is 0 Å². The van der Waals surface area contributed by atoms with Crippen molar-refractivity contribution in [2.45, 2.75) is 39.2 Å². The number of hydrogen-bond acceptors (Lipinski definition) is 4. The van der Waals surface area contributed by atoms with Gasteiger partial charge in [0.1, 0.15) is 4.88 Å². The van der Waals surface area contributed by atoms with E-state index in [2.05, 4.69) is 17.6 Å². The number of amides is 1. The third kappa shape index (κ3) is 2.96. The molecule has 4 N–H and O–H groups in total. The molecule has 1 amide bonds. The van der Waals surface area contributed by atoms with Crippen molar-refractivity contribution in [1.29, 1.82) is 0 Å². The second kappa shape index (κ2) is 5.61. The molecule has 0 saturated heterocycles. The number of hydrogen-bond donors (Lipinski definition) is 3. The van der Waals surface area contributed by atoms with Crippen molar-refractivity contribution in [2.24, 2.45) is 5.92 Å². The van der Waals surface area contributed by atoms with Gasteiger partial charge in [-0.2, -0.15) is 0 Å². The summed E-state index contributed by atoms with van der Waals surface area (Å²) in [5, 5.41) is 7.26. The standard InChI is InChI=1S/C13H21N3OS/c1-3-5-8-6-10(8)16-11-7-9(14)12(18-11)13(17)15-4-2/h7-8,10,16H,3-6,14H2,1-2H3,(H,15,17). The molecule has 0 aliphatic heterocycles. The summed E-state index contributed by atoms with van der Waals surface area (Å²) >= 11 is 1.45. The molecule has 100 valence electrons. The van der Waals surface area contributed by atoms with Gasteiger partial charge in [0, 0.05) is 12.6 Å². The minimum absolute atomic E-state index is 0.0750. The lowest BCUT2D eigenvalue weighted by molar-refractivity contribution is 0.0960. The molecule has 18 heavy (non-hydrogen) atoms. The quantitative estimate of drug-likeness (QED) is 0.742. The molecule has 1 saturated carbocycles. The fraction of sp³-hybridized carbons (Fsp3) is 0.615. The highest BCUT2D eigenvalue weighted by Gasteiger charge is 2.36. The number of rotatable bonds is 6. The van der Waals surface area contributed by atoms with E-state index in [1.165, 1.54) is 30.6 Å². The van der Waals surface area contributed by atoms with E-state index in [0.29, 0.717) is 23.2 Å². The van der Waals surface area contributed by atoms with Gasteiger partial charge in [-0.3, -0.25) is 4.79 Å². The summed E-state index contributed by atoms with van der Waals surface area (Å²) < 4.78 is 0. The van der Waals surface area contributed by atoms with Crippen molar-refractivity contribution < 1.29 is 4.79 Å². The van der Waals surface area contributed by atoms with Crippen LogP contribution in [0.5, 0.6) is 0 Å². The maximum Gasteiger partial charge on any atom is 0.263 e. The third-order valence-electron chi connectivity index (χ3n) is 3.21. The number of carbonyl (C=O) groups is 1. The van der Waals surface area contributed by atoms with Gasteiger partial charge in [0.25, 0.3) is 5.91 Å². The number of nitrogens with one attached hydrogen (secondary N) is 2. The Morgan fingerprint density at radius 1 is 1.56 bits per heavy atom. The maximum atomic E-state index is 11.7. The van der Waals surface area contributed by atoms with E-state index >= 15 is 0 Å². The van der Waals surface area contributed by atoms with E-state index in [1.807, 2.05) is 13.0 Å². The zero-order valence-electron chi connectivity index (χ0n) is 11.0. The molecule has 0 aromatic carbocycles. The molecule has 1 aliphatic rings. The highest BCUT2D eigenvalue weighted by Crippen LogP contribution is 2.39. The molecule has 4 nitrogen and oxygen atoms in total. The first-order chi connectivity index (χ1) is 8.65. The van der Waals surface area contributed by atoms with Crippen molar-refractivity contribution in [1.82, 2.24) is 5.32 Å². The van der Waals surface area contributed by atoms with Crippen molar-refractivity contribution in [3.8, 4) is 0 Å². The number of carbonyl (C=O) groups excluding carboxylic acids is 1. The van der Waals surface area contributed by atoms with Crippen LogP contribution in [0.4, 0.5) is 10.7 Å². The van der Waals surface area contributed by atoms with Crippen LogP contribution in [-0.2, 0) is 0 Å². The van der Waals surface area contributed by atoms with Crippen LogP contribution in [0.1, 0.15) is 42.8 Å². The van der Waals surface area contributed by atoms with E-state index in [0.717, 1.165) is 10.9 Å². The van der Waals surface area contributed by atoms with Crippen molar-refractivity contribution in [3.63, 3.8) is 0 Å². The molecular weight excluding hydrogens is 246 g/mol. The number of nitrogens with two attached hydrogens (primary N) is 1. The molecule has 1 aromatic heterocycles. The second-order valence-corrected chi connectivity index (χ2v) is 5.84. The Morgan fingerprint density at radius 3 is 3.00 bits per heavy atom. The summed E-state index contributed by atoms with van der Waals surface area (Å²) in [7, 11) is 0. The molecular formula is C13H21N3OS. The lowest BCUT2D eigenvalue weighted by Crippen LogP contribution is -2.22. The first-order valence-electron chi connectivity index (χ1n) is 6.59. The van der Waals surface area contributed by atoms with Gasteiger partial charge in [0.05, 0.1) is 10.7 Å². The molecule has 2 rings (SSSR count). The first kappa shape index (κ1) is 13.2. The SMILES string of the molecule is CCCC1CC1Nc1cc(N)c(C(=O)NCC)s1. The van der Waals surface area contributed by atoms with Crippen LogP contribution >= 0.6 is 11.3 Å². The van der Waals surface area contributed by atoms with Crippen molar-refractivity contribution >= 4 is 27.9 Å². The minimum Gasteiger partial charge on any atom is -0.397 e. The smallest absolute Gasteiger partial charge is 0.263 e. The molecule has 1 aromatic rings. The van der Waals surface area contributed by atoms with E-state index in [4.69, 9.17) is 5.73 Å². The molecule has 2 atom stereocenters. The van der Waals surface area contributed by atoms with Crippen LogP contribution in [-0.4, -0.2) is 18.5 Å².